The highest BCUT2D eigenvalue weighted by molar-refractivity contribution is 6.19. The molecular formula is C28H38N4O5. The number of unbranched alkanes of at least 4 members (excludes halogenated alkanes) is 1. The second-order valence-electron chi connectivity index (χ2n) is 9.12. The number of aromatic hydroxyl groups is 1. The third-order valence-electron chi connectivity index (χ3n) is 6.39. The highest BCUT2D eigenvalue weighted by atomic mass is 16.5. The number of benzene rings is 1. The number of aryl methyl sites for hydroxylation is 1. The van der Waals surface area contributed by atoms with Crippen molar-refractivity contribution in [3.8, 4) is 28.4 Å². The van der Waals surface area contributed by atoms with E-state index in [0.29, 0.717) is 59.3 Å². The normalized spacial score (nSPS) is 12.8. The number of H-pyrrole nitrogens is 1. The Morgan fingerprint density at radius 3 is 2.22 bits per heavy atom. The van der Waals surface area contributed by atoms with Crippen molar-refractivity contribution in [3.63, 3.8) is 0 Å². The second kappa shape index (κ2) is 13.1. The van der Waals surface area contributed by atoms with Gasteiger partial charge < -0.3 is 24.5 Å². The lowest BCUT2D eigenvalue weighted by Crippen LogP contribution is -2.34. The summed E-state index contributed by atoms with van der Waals surface area (Å²) in [5, 5.41) is 20.0. The fraction of sp³-hybridized carbons (Fsp3) is 0.500. The van der Waals surface area contributed by atoms with E-state index in [1.165, 1.54) is 0 Å². The summed E-state index contributed by atoms with van der Waals surface area (Å²) in [6, 6.07) is 5.36. The van der Waals surface area contributed by atoms with Crippen LogP contribution in [-0.2, 0) is 11.2 Å². The summed E-state index contributed by atoms with van der Waals surface area (Å²) in [4.78, 5) is 30.9. The van der Waals surface area contributed by atoms with Gasteiger partial charge in [0.1, 0.15) is 22.8 Å². The first kappa shape index (κ1) is 28.0. The van der Waals surface area contributed by atoms with Gasteiger partial charge in [-0.1, -0.05) is 33.3 Å². The number of ether oxygens (including phenoxy) is 2. The predicted octanol–water partition coefficient (Wildman–Crippen LogP) is 4.69. The predicted molar refractivity (Wildman–Crippen MR) is 146 cm³/mol. The molecule has 1 aromatic carbocycles. The molecule has 1 aliphatic rings. The number of carbonyl (C=O) groups excluding carboxylic acids is 1. The number of nitrogens with zero attached hydrogens (tertiary/aromatic N) is 3. The standard InChI is InChI=1S/C28H38N4O5/c1-6-9-11-19-24(26-21(36-4)12-10-13-22(26)37-5)27(34)25(28(35)29-19)20-16-18(30-31-20)17-23(33)32(14-7-2)15-8-3/h10,12-13H,6-9,11,14-17H2,1-5H3,(H2,29,34,35). The fourth-order valence-electron chi connectivity index (χ4n) is 4.63. The highest BCUT2D eigenvalue weighted by Gasteiger charge is 2.29. The Morgan fingerprint density at radius 2 is 1.65 bits per heavy atom. The van der Waals surface area contributed by atoms with Gasteiger partial charge in [-0.25, -0.2) is 0 Å². The summed E-state index contributed by atoms with van der Waals surface area (Å²) in [7, 11) is 3.10. The maximum absolute atomic E-state index is 13.2. The van der Waals surface area contributed by atoms with Gasteiger partial charge in [0.05, 0.1) is 43.2 Å². The van der Waals surface area contributed by atoms with Crippen LogP contribution >= 0.6 is 0 Å². The van der Waals surface area contributed by atoms with Gasteiger partial charge >= 0.3 is 0 Å². The van der Waals surface area contributed by atoms with Crippen molar-refractivity contribution in [3.05, 3.63) is 39.8 Å². The molecule has 0 saturated heterocycles. The summed E-state index contributed by atoms with van der Waals surface area (Å²) in [6.45, 7) is 7.52. The van der Waals surface area contributed by atoms with Gasteiger partial charge in [0, 0.05) is 25.2 Å². The van der Waals surface area contributed by atoms with Crippen LogP contribution in [-0.4, -0.2) is 59.6 Å². The van der Waals surface area contributed by atoms with E-state index in [1.807, 2.05) is 18.7 Å². The molecule has 0 fully saturated rings. The van der Waals surface area contributed by atoms with Gasteiger partial charge in [-0.3, -0.25) is 9.59 Å². The summed E-state index contributed by atoms with van der Waals surface area (Å²) in [5.41, 5.74) is 2.11. The van der Waals surface area contributed by atoms with Gasteiger partial charge in [0.25, 0.3) is 5.56 Å². The van der Waals surface area contributed by atoms with Crippen molar-refractivity contribution in [1.29, 1.82) is 0 Å². The van der Waals surface area contributed by atoms with Gasteiger partial charge in [-0.05, 0) is 37.8 Å². The van der Waals surface area contributed by atoms with Crippen molar-refractivity contribution < 1.29 is 19.4 Å². The Morgan fingerprint density at radius 1 is 1.00 bits per heavy atom. The summed E-state index contributed by atoms with van der Waals surface area (Å²) < 4.78 is 11.2. The van der Waals surface area contributed by atoms with Crippen molar-refractivity contribution in [2.75, 3.05) is 27.3 Å². The quantitative estimate of drug-likeness (QED) is 0.405. The molecule has 9 nitrogen and oxygen atoms in total. The zero-order valence-corrected chi connectivity index (χ0v) is 22.5. The Labute approximate surface area is 218 Å². The third-order valence-corrected chi connectivity index (χ3v) is 6.39. The number of hydrogen-bond acceptors (Lipinski definition) is 7. The zero-order valence-electron chi connectivity index (χ0n) is 22.5. The lowest BCUT2D eigenvalue weighted by atomic mass is 9.93. The van der Waals surface area contributed by atoms with Crippen molar-refractivity contribution in [2.45, 2.75) is 65.7 Å². The van der Waals surface area contributed by atoms with Crippen molar-refractivity contribution in [1.82, 2.24) is 9.88 Å². The number of amides is 1. The number of hydrogen-bond donors (Lipinski definition) is 2. The molecule has 0 aliphatic carbocycles. The summed E-state index contributed by atoms with van der Waals surface area (Å²) in [6.07, 6.45) is 4.40. The van der Waals surface area contributed by atoms with E-state index < -0.39 is 5.56 Å². The average Bonchev–Trinajstić information content (AvgIpc) is 3.34. The third kappa shape index (κ3) is 6.21. The SMILES string of the molecule is CCCCc1[nH]c(=O)c(C2=NN=C(CC(=O)N(CCC)CCC)C2)c(O)c1-c1c(OC)cccc1OC. The molecule has 1 aromatic heterocycles. The number of pyridine rings is 1. The molecule has 2 N–H and O–H groups in total. The number of rotatable bonds is 13. The van der Waals surface area contributed by atoms with E-state index in [1.54, 1.807) is 32.4 Å². The molecule has 0 atom stereocenters. The van der Waals surface area contributed by atoms with Crippen LogP contribution in [0.1, 0.15) is 70.6 Å². The smallest absolute Gasteiger partial charge is 0.261 e. The minimum absolute atomic E-state index is 0.00797. The first-order valence-corrected chi connectivity index (χ1v) is 13.0. The molecule has 0 saturated carbocycles. The van der Waals surface area contributed by atoms with Crippen LogP contribution in [0.5, 0.6) is 17.2 Å². The minimum atomic E-state index is -0.443. The van der Waals surface area contributed by atoms with Gasteiger partial charge in [0.2, 0.25) is 5.91 Å². The molecule has 3 rings (SSSR count). The van der Waals surface area contributed by atoms with Crippen LogP contribution in [0.3, 0.4) is 0 Å². The Hall–Kier alpha value is -3.62. The Kier molecular flexibility index (Phi) is 9.88. The molecule has 0 unspecified atom stereocenters. The molecule has 0 radical (unpaired) electrons. The molecule has 1 aliphatic heterocycles. The fourth-order valence-corrected chi connectivity index (χ4v) is 4.63. The molecular weight excluding hydrogens is 472 g/mol. The van der Waals surface area contributed by atoms with Crippen LogP contribution in [0.4, 0.5) is 0 Å². The summed E-state index contributed by atoms with van der Waals surface area (Å²) in [5.74, 6) is 0.811. The molecule has 2 aromatic rings. The first-order chi connectivity index (χ1) is 17.9. The topological polar surface area (TPSA) is 117 Å². The van der Waals surface area contributed by atoms with Gasteiger partial charge in [0.15, 0.2) is 0 Å². The van der Waals surface area contributed by atoms with Crippen LogP contribution in [0.15, 0.2) is 33.2 Å². The van der Waals surface area contributed by atoms with Crippen LogP contribution < -0.4 is 15.0 Å². The lowest BCUT2D eigenvalue weighted by molar-refractivity contribution is -0.130. The summed E-state index contributed by atoms with van der Waals surface area (Å²) >= 11 is 0. The second-order valence-corrected chi connectivity index (χ2v) is 9.12. The number of carbonyl (C=O) groups is 1. The van der Waals surface area contributed by atoms with E-state index in [-0.39, 0.29) is 30.1 Å². The molecule has 0 spiro atoms. The van der Waals surface area contributed by atoms with Crippen molar-refractivity contribution >= 4 is 17.3 Å². The maximum atomic E-state index is 13.2. The monoisotopic (exact) mass is 510 g/mol. The van der Waals surface area contributed by atoms with E-state index in [2.05, 4.69) is 22.1 Å². The average molecular weight is 511 g/mol. The van der Waals surface area contributed by atoms with Crippen LogP contribution in [0, 0.1) is 0 Å². The minimum Gasteiger partial charge on any atom is -0.506 e. The lowest BCUT2D eigenvalue weighted by Gasteiger charge is -2.21. The van der Waals surface area contributed by atoms with Gasteiger partial charge in [-0.2, -0.15) is 10.2 Å². The number of methoxy groups -OCH3 is 2. The van der Waals surface area contributed by atoms with Crippen molar-refractivity contribution in [2.24, 2.45) is 10.2 Å². The molecule has 1 amide bonds. The molecule has 2 heterocycles. The highest BCUT2D eigenvalue weighted by Crippen LogP contribution is 2.45. The maximum Gasteiger partial charge on any atom is 0.261 e. The molecule has 9 heteroatoms. The molecule has 37 heavy (non-hydrogen) atoms. The van der Waals surface area contributed by atoms with E-state index in [9.17, 15) is 14.7 Å². The van der Waals surface area contributed by atoms with Gasteiger partial charge in [-0.15, -0.1) is 0 Å². The van der Waals surface area contributed by atoms with E-state index >= 15 is 0 Å². The van der Waals surface area contributed by atoms with Crippen LogP contribution in [0.25, 0.3) is 11.1 Å². The number of aromatic amines is 1. The molecule has 200 valence electrons. The first-order valence-electron chi connectivity index (χ1n) is 13.0. The Bertz CT molecular complexity index is 1200. The zero-order chi connectivity index (χ0) is 26.9. The largest absolute Gasteiger partial charge is 0.506 e. The number of nitrogens with one attached hydrogen (secondary N) is 1. The van der Waals surface area contributed by atoms with E-state index in [4.69, 9.17) is 9.47 Å². The number of aromatic nitrogens is 1. The Balaban J connectivity index is 2.01. The molecule has 0 bridgehead atoms. The van der Waals surface area contributed by atoms with E-state index in [0.717, 1.165) is 25.7 Å². The van der Waals surface area contributed by atoms with Crippen LogP contribution in [0.2, 0.25) is 0 Å².